The van der Waals surface area contributed by atoms with Crippen LogP contribution in [0.3, 0.4) is 0 Å². The molecule has 0 saturated carbocycles. The van der Waals surface area contributed by atoms with Gasteiger partial charge in [-0.2, -0.15) is 18.2 Å². The van der Waals surface area contributed by atoms with Gasteiger partial charge >= 0.3 is 6.18 Å². The quantitative estimate of drug-likeness (QED) is 0.810. The van der Waals surface area contributed by atoms with Crippen molar-refractivity contribution in [3.05, 3.63) is 40.3 Å². The molecule has 1 N–H and O–H groups in total. The minimum Gasteiger partial charge on any atom is -0.395 e. The van der Waals surface area contributed by atoms with Crippen LogP contribution in [-0.2, 0) is 11.0 Å². The first-order valence-electron chi connectivity index (χ1n) is 8.15. The first-order valence-corrected chi connectivity index (χ1v) is 8.97. The molecule has 1 amide bonds. The van der Waals surface area contributed by atoms with Gasteiger partial charge in [0.25, 0.3) is 5.91 Å². The third kappa shape index (κ3) is 4.28. The van der Waals surface area contributed by atoms with Crippen molar-refractivity contribution in [3.63, 3.8) is 0 Å². The van der Waals surface area contributed by atoms with E-state index in [4.69, 9.17) is 5.11 Å². The lowest BCUT2D eigenvalue weighted by molar-refractivity contribution is -0.137. The topological polar surface area (TPSA) is 56.1 Å². The predicted molar refractivity (Wildman–Crippen MR) is 94.6 cm³/mol. The highest BCUT2D eigenvalue weighted by Crippen LogP contribution is 2.36. The number of aliphatic imine (C=N–C) groups is 1. The van der Waals surface area contributed by atoms with Crippen molar-refractivity contribution < 1.29 is 23.1 Å². The number of carbonyl (C=O) groups excluding carboxylic acids is 1. The molecule has 0 radical (unpaired) electrons. The molecule has 0 bridgehead atoms. The molecule has 1 saturated heterocycles. The first-order chi connectivity index (χ1) is 12.4. The van der Waals surface area contributed by atoms with Crippen LogP contribution < -0.4 is 0 Å². The Hall–Kier alpha value is -1.84. The van der Waals surface area contributed by atoms with Crippen LogP contribution in [0.5, 0.6) is 0 Å². The van der Waals surface area contributed by atoms with Crippen LogP contribution in [-0.4, -0.2) is 65.3 Å². The Labute approximate surface area is 153 Å². The predicted octanol–water partition coefficient (Wildman–Crippen LogP) is 2.29. The molecule has 0 atom stereocenters. The van der Waals surface area contributed by atoms with Crippen LogP contribution in [0.2, 0.25) is 0 Å². The lowest BCUT2D eigenvalue weighted by atomic mass is 10.1. The second-order valence-corrected chi connectivity index (χ2v) is 6.96. The summed E-state index contributed by atoms with van der Waals surface area (Å²) in [5.74, 6) is -0.514. The van der Waals surface area contributed by atoms with Gasteiger partial charge < -0.3 is 10.0 Å². The minimum atomic E-state index is -4.48. The first kappa shape index (κ1) is 18.9. The van der Waals surface area contributed by atoms with Crippen molar-refractivity contribution in [2.45, 2.75) is 6.18 Å². The zero-order valence-corrected chi connectivity index (χ0v) is 14.7. The van der Waals surface area contributed by atoms with Gasteiger partial charge in [0.1, 0.15) is 0 Å². The SMILES string of the molecule is O=C1N=C(N2CCN(CCO)CC2)S/C1=C\c1ccccc1C(F)(F)F. The van der Waals surface area contributed by atoms with Crippen LogP contribution in [0, 0.1) is 0 Å². The summed E-state index contributed by atoms with van der Waals surface area (Å²) in [5.41, 5.74) is -0.813. The summed E-state index contributed by atoms with van der Waals surface area (Å²) in [5, 5.41) is 9.49. The van der Waals surface area contributed by atoms with Gasteiger partial charge in [-0.3, -0.25) is 9.69 Å². The van der Waals surface area contributed by atoms with Crippen molar-refractivity contribution in [1.29, 1.82) is 0 Å². The molecule has 2 heterocycles. The largest absolute Gasteiger partial charge is 0.416 e. The fourth-order valence-corrected chi connectivity index (χ4v) is 3.82. The number of amidine groups is 1. The van der Waals surface area contributed by atoms with E-state index >= 15 is 0 Å². The number of alkyl halides is 3. The summed E-state index contributed by atoms with van der Waals surface area (Å²) in [7, 11) is 0. The Kier molecular flexibility index (Phi) is 5.69. The summed E-state index contributed by atoms with van der Waals surface area (Å²) < 4.78 is 39.3. The van der Waals surface area contributed by atoms with Gasteiger partial charge in [0.05, 0.1) is 17.1 Å². The molecule has 2 aliphatic rings. The lowest BCUT2D eigenvalue weighted by Gasteiger charge is -2.34. The number of aliphatic hydroxyl groups is 1. The number of thioether (sulfide) groups is 1. The second-order valence-electron chi connectivity index (χ2n) is 5.95. The van der Waals surface area contributed by atoms with E-state index in [1.165, 1.54) is 24.3 Å². The van der Waals surface area contributed by atoms with Crippen molar-refractivity contribution in [2.75, 3.05) is 39.3 Å². The highest BCUT2D eigenvalue weighted by Gasteiger charge is 2.34. The van der Waals surface area contributed by atoms with Gasteiger partial charge in [-0.15, -0.1) is 0 Å². The zero-order valence-electron chi connectivity index (χ0n) is 13.9. The Bertz CT molecular complexity index is 741. The maximum absolute atomic E-state index is 13.1. The number of hydrogen-bond donors (Lipinski definition) is 1. The number of amides is 1. The van der Waals surface area contributed by atoms with Crippen molar-refractivity contribution in [3.8, 4) is 0 Å². The Morgan fingerprint density at radius 3 is 2.54 bits per heavy atom. The average molecular weight is 385 g/mol. The van der Waals surface area contributed by atoms with Gasteiger partial charge in [-0.1, -0.05) is 18.2 Å². The van der Waals surface area contributed by atoms with Crippen molar-refractivity contribution in [2.24, 2.45) is 4.99 Å². The van der Waals surface area contributed by atoms with E-state index in [0.29, 0.717) is 24.8 Å². The fourth-order valence-electron chi connectivity index (χ4n) is 2.86. The molecule has 26 heavy (non-hydrogen) atoms. The number of aliphatic hydroxyl groups excluding tert-OH is 1. The molecule has 5 nitrogen and oxygen atoms in total. The van der Waals surface area contributed by atoms with E-state index in [1.807, 2.05) is 4.90 Å². The molecule has 0 unspecified atom stereocenters. The maximum atomic E-state index is 13.1. The number of hydrogen-bond acceptors (Lipinski definition) is 5. The van der Waals surface area contributed by atoms with Crippen LogP contribution in [0.15, 0.2) is 34.2 Å². The van der Waals surface area contributed by atoms with Crippen molar-refractivity contribution >= 4 is 28.9 Å². The van der Waals surface area contributed by atoms with Crippen LogP contribution in [0.4, 0.5) is 13.2 Å². The van der Waals surface area contributed by atoms with Crippen LogP contribution in [0.25, 0.3) is 6.08 Å². The molecule has 1 fully saturated rings. The summed E-state index contributed by atoms with van der Waals surface area (Å²) in [6, 6.07) is 5.17. The maximum Gasteiger partial charge on any atom is 0.416 e. The molecule has 1 aromatic carbocycles. The van der Waals surface area contributed by atoms with E-state index in [-0.39, 0.29) is 17.1 Å². The van der Waals surface area contributed by atoms with Gasteiger partial charge in [-0.25, -0.2) is 0 Å². The molecule has 0 aliphatic carbocycles. The second kappa shape index (κ2) is 7.81. The lowest BCUT2D eigenvalue weighted by Crippen LogP contribution is -2.48. The summed E-state index contributed by atoms with van der Waals surface area (Å²) >= 11 is 1.11. The van der Waals surface area contributed by atoms with E-state index in [1.54, 1.807) is 0 Å². The molecule has 140 valence electrons. The number of rotatable bonds is 3. The Morgan fingerprint density at radius 2 is 1.88 bits per heavy atom. The monoisotopic (exact) mass is 385 g/mol. The van der Waals surface area contributed by atoms with Gasteiger partial charge in [0, 0.05) is 32.7 Å². The number of β-amino-alcohol motifs (C(OH)–C–C–N with tert-alkyl or cyclic N) is 1. The smallest absolute Gasteiger partial charge is 0.395 e. The van der Waals surface area contributed by atoms with Crippen LogP contribution >= 0.6 is 11.8 Å². The molecule has 2 aliphatic heterocycles. The molecule has 9 heteroatoms. The number of halogens is 3. The van der Waals surface area contributed by atoms with Gasteiger partial charge in [0.15, 0.2) is 5.17 Å². The number of nitrogens with zero attached hydrogens (tertiary/aromatic N) is 3. The summed E-state index contributed by atoms with van der Waals surface area (Å²) in [6.45, 7) is 3.50. The third-order valence-corrected chi connectivity index (χ3v) is 5.27. The average Bonchev–Trinajstić information content (AvgIpc) is 2.96. The highest BCUT2D eigenvalue weighted by atomic mass is 32.2. The summed E-state index contributed by atoms with van der Waals surface area (Å²) in [6.07, 6.45) is -3.22. The molecule has 1 aromatic rings. The van der Waals surface area contributed by atoms with Crippen molar-refractivity contribution in [1.82, 2.24) is 9.80 Å². The molecular weight excluding hydrogens is 367 g/mol. The Balaban J connectivity index is 1.72. The Morgan fingerprint density at radius 1 is 1.19 bits per heavy atom. The highest BCUT2D eigenvalue weighted by molar-refractivity contribution is 8.18. The number of carbonyl (C=O) groups is 1. The molecular formula is C17H18F3N3O2S. The van der Waals surface area contributed by atoms with E-state index in [2.05, 4.69) is 9.89 Å². The standard InChI is InChI=1S/C17H18F3N3O2S/c18-17(19,20)13-4-2-1-3-12(13)11-14-15(25)21-16(26-14)23-7-5-22(6-8-23)9-10-24/h1-4,11,24H,5-10H2/b14-11-. The van der Waals surface area contributed by atoms with Gasteiger partial charge in [-0.05, 0) is 29.5 Å². The fraction of sp³-hybridized carbons (Fsp3) is 0.412. The van der Waals surface area contributed by atoms with E-state index in [9.17, 15) is 18.0 Å². The molecule has 0 aromatic heterocycles. The minimum absolute atomic E-state index is 0.0416. The number of benzene rings is 1. The molecule has 3 rings (SSSR count). The molecule has 0 spiro atoms. The normalized spacial score (nSPS) is 20.8. The zero-order chi connectivity index (χ0) is 18.7. The van der Waals surface area contributed by atoms with Gasteiger partial charge in [0.2, 0.25) is 0 Å². The van der Waals surface area contributed by atoms with E-state index in [0.717, 1.165) is 30.9 Å². The van der Waals surface area contributed by atoms with Crippen LogP contribution in [0.1, 0.15) is 11.1 Å². The third-order valence-electron chi connectivity index (χ3n) is 4.22. The summed E-state index contributed by atoms with van der Waals surface area (Å²) in [4.78, 5) is 20.4. The van der Waals surface area contributed by atoms with E-state index < -0.39 is 17.6 Å². The number of piperazine rings is 1.